The van der Waals surface area contributed by atoms with Crippen molar-refractivity contribution in [2.24, 2.45) is 0 Å². The standard InChI is InChI=1S/C12H14ClNO2/c13-12-6-10(4-3-9(12)7-15)14-5-1-2-11(14)8-16/h3-4,6-7,11,16H,1-2,5,8H2. The van der Waals surface area contributed by atoms with Crippen LogP contribution in [0.3, 0.4) is 0 Å². The Bertz CT molecular complexity index is 395. The molecule has 1 aliphatic heterocycles. The molecule has 1 N–H and O–H groups in total. The van der Waals surface area contributed by atoms with Gasteiger partial charge in [-0.05, 0) is 31.0 Å². The van der Waals surface area contributed by atoms with Crippen LogP contribution in [-0.2, 0) is 0 Å². The number of hydrogen-bond donors (Lipinski definition) is 1. The van der Waals surface area contributed by atoms with Crippen molar-refractivity contribution in [1.29, 1.82) is 0 Å². The van der Waals surface area contributed by atoms with E-state index in [0.717, 1.165) is 31.4 Å². The first-order chi connectivity index (χ1) is 7.76. The van der Waals surface area contributed by atoms with Crippen LogP contribution >= 0.6 is 11.6 Å². The third kappa shape index (κ3) is 2.06. The lowest BCUT2D eigenvalue weighted by Gasteiger charge is -2.25. The van der Waals surface area contributed by atoms with Crippen molar-refractivity contribution < 1.29 is 9.90 Å². The fraction of sp³-hybridized carbons (Fsp3) is 0.417. The van der Waals surface area contributed by atoms with E-state index in [1.807, 2.05) is 6.07 Å². The van der Waals surface area contributed by atoms with Crippen LogP contribution in [0, 0.1) is 0 Å². The molecule has 1 saturated heterocycles. The molecule has 86 valence electrons. The van der Waals surface area contributed by atoms with Crippen LogP contribution < -0.4 is 4.90 Å². The van der Waals surface area contributed by atoms with Gasteiger partial charge in [0.15, 0.2) is 6.29 Å². The molecule has 3 nitrogen and oxygen atoms in total. The fourth-order valence-electron chi connectivity index (χ4n) is 2.16. The summed E-state index contributed by atoms with van der Waals surface area (Å²) >= 11 is 5.98. The van der Waals surface area contributed by atoms with E-state index in [0.29, 0.717) is 10.6 Å². The summed E-state index contributed by atoms with van der Waals surface area (Å²) in [6.07, 6.45) is 2.83. The minimum atomic E-state index is 0.160. The Hall–Kier alpha value is -1.06. The van der Waals surface area contributed by atoms with Crippen molar-refractivity contribution in [2.75, 3.05) is 18.1 Å². The zero-order valence-electron chi connectivity index (χ0n) is 8.90. The van der Waals surface area contributed by atoms with Gasteiger partial charge in [0.1, 0.15) is 0 Å². The molecule has 16 heavy (non-hydrogen) atoms. The van der Waals surface area contributed by atoms with Crippen molar-refractivity contribution in [3.63, 3.8) is 0 Å². The van der Waals surface area contributed by atoms with Gasteiger partial charge in [-0.15, -0.1) is 0 Å². The number of hydrogen-bond acceptors (Lipinski definition) is 3. The largest absolute Gasteiger partial charge is 0.394 e. The highest BCUT2D eigenvalue weighted by Crippen LogP contribution is 2.28. The molecule has 1 aromatic rings. The first kappa shape index (κ1) is 11.4. The molecule has 0 aliphatic carbocycles. The van der Waals surface area contributed by atoms with Crippen molar-refractivity contribution in [1.82, 2.24) is 0 Å². The highest BCUT2D eigenvalue weighted by atomic mass is 35.5. The number of benzene rings is 1. The van der Waals surface area contributed by atoms with E-state index in [2.05, 4.69) is 4.90 Å². The molecule has 2 rings (SSSR count). The number of rotatable bonds is 3. The maximum Gasteiger partial charge on any atom is 0.151 e. The minimum Gasteiger partial charge on any atom is -0.394 e. The summed E-state index contributed by atoms with van der Waals surface area (Å²) in [5.74, 6) is 0. The van der Waals surface area contributed by atoms with E-state index < -0.39 is 0 Å². The number of halogens is 1. The summed E-state index contributed by atoms with van der Waals surface area (Å²) in [5.41, 5.74) is 1.48. The van der Waals surface area contributed by atoms with Crippen LogP contribution in [0.25, 0.3) is 0 Å². The first-order valence-electron chi connectivity index (χ1n) is 5.38. The molecule has 0 bridgehead atoms. The second kappa shape index (κ2) is 4.85. The summed E-state index contributed by atoms with van der Waals surface area (Å²) in [4.78, 5) is 12.8. The predicted octanol–water partition coefficient (Wildman–Crippen LogP) is 2.11. The Balaban J connectivity index is 2.27. The molecule has 1 heterocycles. The molecule has 0 amide bonds. The Morgan fingerprint density at radius 2 is 2.38 bits per heavy atom. The number of carbonyl (C=O) groups is 1. The molecule has 1 fully saturated rings. The summed E-state index contributed by atoms with van der Waals surface area (Å²) in [7, 11) is 0. The first-order valence-corrected chi connectivity index (χ1v) is 5.76. The van der Waals surface area contributed by atoms with Gasteiger partial charge in [-0.1, -0.05) is 11.6 Å². The summed E-state index contributed by atoms with van der Waals surface area (Å²) in [5, 5.41) is 9.71. The molecule has 0 aromatic heterocycles. The number of aliphatic hydroxyl groups is 1. The van der Waals surface area contributed by atoms with Crippen molar-refractivity contribution in [3.8, 4) is 0 Å². The molecule has 4 heteroatoms. The fourth-order valence-corrected chi connectivity index (χ4v) is 2.38. The molecule has 1 atom stereocenters. The van der Waals surface area contributed by atoms with Gasteiger partial charge in [0.05, 0.1) is 17.7 Å². The number of anilines is 1. The lowest BCUT2D eigenvalue weighted by atomic mass is 10.2. The normalized spacial score (nSPS) is 20.1. The SMILES string of the molecule is O=Cc1ccc(N2CCCC2CO)cc1Cl. The van der Waals surface area contributed by atoms with Crippen LogP contribution in [0.5, 0.6) is 0 Å². The molecular formula is C12H14ClNO2. The Morgan fingerprint density at radius 1 is 1.56 bits per heavy atom. The van der Waals surface area contributed by atoms with E-state index >= 15 is 0 Å². The summed E-state index contributed by atoms with van der Waals surface area (Å²) < 4.78 is 0. The van der Waals surface area contributed by atoms with Gasteiger partial charge in [0.25, 0.3) is 0 Å². The molecule has 0 saturated carbocycles. The van der Waals surface area contributed by atoms with E-state index in [1.165, 1.54) is 0 Å². The molecule has 1 unspecified atom stereocenters. The Morgan fingerprint density at radius 3 is 3.00 bits per heavy atom. The minimum absolute atomic E-state index is 0.160. The van der Waals surface area contributed by atoms with Gasteiger partial charge < -0.3 is 10.0 Å². The molecule has 0 radical (unpaired) electrons. The Labute approximate surface area is 99.6 Å². The predicted molar refractivity (Wildman–Crippen MR) is 64.3 cm³/mol. The number of nitrogens with zero attached hydrogens (tertiary/aromatic N) is 1. The maximum absolute atomic E-state index is 10.6. The van der Waals surface area contributed by atoms with Crippen molar-refractivity contribution in [2.45, 2.75) is 18.9 Å². The van der Waals surface area contributed by atoms with Crippen LogP contribution in [0.2, 0.25) is 5.02 Å². The monoisotopic (exact) mass is 239 g/mol. The lowest BCUT2D eigenvalue weighted by Crippen LogP contribution is -2.31. The van der Waals surface area contributed by atoms with E-state index in [-0.39, 0.29) is 12.6 Å². The van der Waals surface area contributed by atoms with Gasteiger partial charge in [0, 0.05) is 17.8 Å². The van der Waals surface area contributed by atoms with Gasteiger partial charge in [-0.25, -0.2) is 0 Å². The quantitative estimate of drug-likeness (QED) is 0.822. The van der Waals surface area contributed by atoms with E-state index in [4.69, 9.17) is 11.6 Å². The summed E-state index contributed by atoms with van der Waals surface area (Å²) in [6, 6.07) is 5.57. The van der Waals surface area contributed by atoms with Gasteiger partial charge >= 0.3 is 0 Å². The third-order valence-electron chi connectivity index (χ3n) is 3.03. The van der Waals surface area contributed by atoms with Crippen LogP contribution in [0.1, 0.15) is 23.2 Å². The van der Waals surface area contributed by atoms with E-state index in [1.54, 1.807) is 12.1 Å². The van der Waals surface area contributed by atoms with Crippen molar-refractivity contribution >= 4 is 23.6 Å². The second-order valence-electron chi connectivity index (χ2n) is 4.00. The topological polar surface area (TPSA) is 40.5 Å². The zero-order valence-corrected chi connectivity index (χ0v) is 9.65. The maximum atomic E-state index is 10.6. The van der Waals surface area contributed by atoms with Gasteiger partial charge in [-0.2, -0.15) is 0 Å². The summed E-state index contributed by atoms with van der Waals surface area (Å²) in [6.45, 7) is 1.09. The zero-order chi connectivity index (χ0) is 11.5. The van der Waals surface area contributed by atoms with Gasteiger partial charge in [-0.3, -0.25) is 4.79 Å². The van der Waals surface area contributed by atoms with E-state index in [9.17, 15) is 9.90 Å². The third-order valence-corrected chi connectivity index (χ3v) is 3.36. The number of aldehydes is 1. The average Bonchev–Trinajstić information content (AvgIpc) is 2.77. The highest BCUT2D eigenvalue weighted by Gasteiger charge is 2.24. The highest BCUT2D eigenvalue weighted by molar-refractivity contribution is 6.33. The second-order valence-corrected chi connectivity index (χ2v) is 4.40. The van der Waals surface area contributed by atoms with Crippen LogP contribution in [0.4, 0.5) is 5.69 Å². The smallest absolute Gasteiger partial charge is 0.151 e. The van der Waals surface area contributed by atoms with Crippen LogP contribution in [-0.4, -0.2) is 30.6 Å². The number of carbonyl (C=O) groups excluding carboxylic acids is 1. The molecule has 0 spiro atoms. The van der Waals surface area contributed by atoms with Gasteiger partial charge in [0.2, 0.25) is 0 Å². The molecular weight excluding hydrogens is 226 g/mol. The van der Waals surface area contributed by atoms with Crippen molar-refractivity contribution in [3.05, 3.63) is 28.8 Å². The number of aliphatic hydroxyl groups excluding tert-OH is 1. The molecule has 1 aliphatic rings. The average molecular weight is 240 g/mol. The Kier molecular flexibility index (Phi) is 3.46. The van der Waals surface area contributed by atoms with Crippen LogP contribution in [0.15, 0.2) is 18.2 Å². The molecule has 1 aromatic carbocycles. The lowest BCUT2D eigenvalue weighted by molar-refractivity contribution is 0.112.